The van der Waals surface area contributed by atoms with Crippen LogP contribution in [0.5, 0.6) is 0 Å². The Hall–Kier alpha value is -3.45. The van der Waals surface area contributed by atoms with E-state index in [0.717, 1.165) is 5.56 Å². The van der Waals surface area contributed by atoms with Crippen molar-refractivity contribution < 1.29 is 9.53 Å². The second-order valence-electron chi connectivity index (χ2n) is 6.70. The quantitative estimate of drug-likeness (QED) is 0.459. The molecule has 4 rings (SSSR count). The van der Waals surface area contributed by atoms with Crippen molar-refractivity contribution >= 4 is 28.5 Å². The van der Waals surface area contributed by atoms with E-state index < -0.39 is 0 Å². The molecule has 30 heavy (non-hydrogen) atoms. The van der Waals surface area contributed by atoms with Crippen LogP contribution in [0.25, 0.3) is 28.1 Å². The maximum absolute atomic E-state index is 13.6. The zero-order chi connectivity index (χ0) is 21.3. The molecule has 0 unspecified atom stereocenters. The van der Waals surface area contributed by atoms with Gasteiger partial charge in [0.15, 0.2) is 0 Å². The molecule has 2 aromatic heterocycles. The van der Waals surface area contributed by atoms with Gasteiger partial charge in [-0.05, 0) is 25.1 Å². The molecule has 0 radical (unpaired) electrons. The van der Waals surface area contributed by atoms with Gasteiger partial charge in [-0.2, -0.15) is 5.10 Å². The Kier molecular flexibility index (Phi) is 5.37. The molecule has 0 aliphatic heterocycles. The molecular weight excluding hydrogens is 404 g/mol. The standard InChI is InChI=1S/C22H19ClN4O3/c1-3-30-19(28)11-15-13-24-26(2)21(15)27-20(14-7-5-4-6-8-14)25-18-12-16(23)9-10-17(18)22(27)29/h4-10,12-13H,3,11H2,1-2H3. The summed E-state index contributed by atoms with van der Waals surface area (Å²) in [4.78, 5) is 30.4. The second-order valence-corrected chi connectivity index (χ2v) is 7.14. The summed E-state index contributed by atoms with van der Waals surface area (Å²) < 4.78 is 8.14. The number of aryl methyl sites for hydroxylation is 1. The van der Waals surface area contributed by atoms with E-state index in [1.165, 1.54) is 4.57 Å². The fourth-order valence-corrected chi connectivity index (χ4v) is 3.56. The molecule has 0 amide bonds. The smallest absolute Gasteiger partial charge is 0.310 e. The van der Waals surface area contributed by atoms with Gasteiger partial charge in [0.1, 0.15) is 11.6 Å². The van der Waals surface area contributed by atoms with Gasteiger partial charge in [-0.15, -0.1) is 0 Å². The predicted octanol–water partition coefficient (Wildman–Crippen LogP) is 3.55. The minimum Gasteiger partial charge on any atom is -0.466 e. The number of fused-ring (bicyclic) bond motifs is 1. The number of carbonyl (C=O) groups is 1. The number of carbonyl (C=O) groups excluding carboxylic acids is 1. The summed E-state index contributed by atoms with van der Waals surface area (Å²) in [5.74, 6) is 0.516. The second kappa shape index (κ2) is 8.12. The third-order valence-electron chi connectivity index (χ3n) is 4.70. The highest BCUT2D eigenvalue weighted by atomic mass is 35.5. The monoisotopic (exact) mass is 422 g/mol. The molecule has 0 atom stereocenters. The summed E-state index contributed by atoms with van der Waals surface area (Å²) in [5.41, 5.74) is 1.55. The van der Waals surface area contributed by atoms with Crippen molar-refractivity contribution in [1.29, 1.82) is 0 Å². The van der Waals surface area contributed by atoms with E-state index in [-0.39, 0.29) is 24.6 Å². The predicted molar refractivity (Wildman–Crippen MR) is 115 cm³/mol. The van der Waals surface area contributed by atoms with E-state index >= 15 is 0 Å². The number of aromatic nitrogens is 4. The van der Waals surface area contributed by atoms with E-state index in [2.05, 4.69) is 5.10 Å². The lowest BCUT2D eigenvalue weighted by Gasteiger charge is -2.15. The summed E-state index contributed by atoms with van der Waals surface area (Å²) in [6, 6.07) is 14.3. The molecule has 8 heteroatoms. The Balaban J connectivity index is 2.03. The van der Waals surface area contributed by atoms with Gasteiger partial charge >= 0.3 is 5.97 Å². The first-order valence-electron chi connectivity index (χ1n) is 9.44. The normalized spacial score (nSPS) is 11.0. The van der Waals surface area contributed by atoms with Gasteiger partial charge in [-0.3, -0.25) is 14.3 Å². The molecule has 152 valence electrons. The molecule has 0 bridgehead atoms. The lowest BCUT2D eigenvalue weighted by atomic mass is 10.1. The number of ether oxygens (including phenoxy) is 1. The van der Waals surface area contributed by atoms with Crippen molar-refractivity contribution in [2.75, 3.05) is 6.61 Å². The summed E-state index contributed by atoms with van der Waals surface area (Å²) in [6.45, 7) is 2.03. The molecule has 0 spiro atoms. The topological polar surface area (TPSA) is 79.0 Å². The van der Waals surface area contributed by atoms with Crippen LogP contribution in [0.15, 0.2) is 59.5 Å². The minimum atomic E-state index is -0.387. The summed E-state index contributed by atoms with van der Waals surface area (Å²) in [6.07, 6.45) is 1.57. The average Bonchev–Trinajstić information content (AvgIpc) is 3.08. The number of esters is 1. The fraction of sp³-hybridized carbons (Fsp3) is 0.182. The van der Waals surface area contributed by atoms with Crippen molar-refractivity contribution in [3.63, 3.8) is 0 Å². The molecule has 0 saturated carbocycles. The first-order valence-corrected chi connectivity index (χ1v) is 9.82. The Bertz CT molecular complexity index is 1300. The van der Waals surface area contributed by atoms with Gasteiger partial charge in [-0.25, -0.2) is 9.55 Å². The largest absolute Gasteiger partial charge is 0.466 e. The maximum Gasteiger partial charge on any atom is 0.310 e. The van der Waals surface area contributed by atoms with Crippen molar-refractivity contribution in [3.05, 3.63) is 75.7 Å². The van der Waals surface area contributed by atoms with Crippen LogP contribution < -0.4 is 5.56 Å². The first-order chi connectivity index (χ1) is 14.5. The molecule has 7 nitrogen and oxygen atoms in total. The van der Waals surface area contributed by atoms with Gasteiger partial charge in [0.05, 0.1) is 30.1 Å². The van der Waals surface area contributed by atoms with E-state index in [1.54, 1.807) is 43.0 Å². The van der Waals surface area contributed by atoms with Crippen molar-refractivity contribution in [2.24, 2.45) is 7.05 Å². The van der Waals surface area contributed by atoms with Crippen LogP contribution in [-0.2, 0) is 23.0 Å². The van der Waals surface area contributed by atoms with Gasteiger partial charge in [0.25, 0.3) is 5.56 Å². The van der Waals surface area contributed by atoms with Crippen LogP contribution in [0.2, 0.25) is 5.02 Å². The number of rotatable bonds is 5. The Morgan fingerprint density at radius 2 is 1.93 bits per heavy atom. The Labute approximate surface area is 177 Å². The minimum absolute atomic E-state index is 0.00363. The van der Waals surface area contributed by atoms with Gasteiger partial charge in [0, 0.05) is 23.2 Å². The van der Waals surface area contributed by atoms with E-state index in [9.17, 15) is 9.59 Å². The van der Waals surface area contributed by atoms with Crippen molar-refractivity contribution in [3.8, 4) is 17.2 Å². The van der Waals surface area contributed by atoms with Gasteiger partial charge < -0.3 is 4.74 Å². The highest BCUT2D eigenvalue weighted by molar-refractivity contribution is 6.31. The molecule has 4 aromatic rings. The van der Waals surface area contributed by atoms with E-state index in [1.807, 2.05) is 30.3 Å². The molecule has 0 N–H and O–H groups in total. The number of hydrogen-bond donors (Lipinski definition) is 0. The zero-order valence-electron chi connectivity index (χ0n) is 16.5. The van der Waals surface area contributed by atoms with Gasteiger partial charge in [0.2, 0.25) is 0 Å². The molecule has 0 saturated heterocycles. The van der Waals surface area contributed by atoms with E-state index in [4.69, 9.17) is 21.3 Å². The summed E-state index contributed by atoms with van der Waals surface area (Å²) >= 11 is 6.13. The molecule has 0 aliphatic rings. The zero-order valence-corrected chi connectivity index (χ0v) is 17.3. The van der Waals surface area contributed by atoms with Crippen LogP contribution in [0, 0.1) is 0 Å². The molecular formula is C22H19ClN4O3. The van der Waals surface area contributed by atoms with Crippen LogP contribution in [0.3, 0.4) is 0 Å². The molecule has 2 heterocycles. The van der Waals surface area contributed by atoms with Gasteiger partial charge in [-0.1, -0.05) is 41.9 Å². The number of halogens is 1. The van der Waals surface area contributed by atoms with Crippen LogP contribution in [0.4, 0.5) is 0 Å². The van der Waals surface area contributed by atoms with Crippen LogP contribution in [0.1, 0.15) is 12.5 Å². The highest BCUT2D eigenvalue weighted by Crippen LogP contribution is 2.25. The Morgan fingerprint density at radius 1 is 1.17 bits per heavy atom. The molecule has 0 aliphatic carbocycles. The lowest BCUT2D eigenvalue weighted by molar-refractivity contribution is -0.142. The number of nitrogens with zero attached hydrogens (tertiary/aromatic N) is 4. The fourth-order valence-electron chi connectivity index (χ4n) is 3.39. The SMILES string of the molecule is CCOC(=O)Cc1cnn(C)c1-n1c(-c2ccccc2)nc2cc(Cl)ccc2c1=O. The summed E-state index contributed by atoms with van der Waals surface area (Å²) in [7, 11) is 1.72. The van der Waals surface area contributed by atoms with Crippen LogP contribution in [-0.4, -0.2) is 31.9 Å². The van der Waals surface area contributed by atoms with Crippen molar-refractivity contribution in [2.45, 2.75) is 13.3 Å². The molecule has 2 aromatic carbocycles. The lowest BCUT2D eigenvalue weighted by Crippen LogP contribution is -2.25. The average molecular weight is 423 g/mol. The number of hydrogen-bond acceptors (Lipinski definition) is 5. The first kappa shape index (κ1) is 19.8. The third-order valence-corrected chi connectivity index (χ3v) is 4.93. The maximum atomic E-state index is 13.6. The van der Waals surface area contributed by atoms with E-state index in [0.29, 0.717) is 33.1 Å². The Morgan fingerprint density at radius 3 is 2.67 bits per heavy atom. The van der Waals surface area contributed by atoms with Crippen molar-refractivity contribution in [1.82, 2.24) is 19.3 Å². The summed E-state index contributed by atoms with van der Waals surface area (Å²) in [5, 5.41) is 5.19. The number of benzene rings is 2. The van der Waals surface area contributed by atoms with Crippen LogP contribution >= 0.6 is 11.6 Å². The molecule has 0 fully saturated rings. The third kappa shape index (κ3) is 3.59. The highest BCUT2D eigenvalue weighted by Gasteiger charge is 2.21.